The molecule has 0 bridgehead atoms. The van der Waals surface area contributed by atoms with Gasteiger partial charge in [0.15, 0.2) is 6.23 Å². The maximum atomic E-state index is 16.7. The molecule has 1 saturated carbocycles. The summed E-state index contributed by atoms with van der Waals surface area (Å²) in [4.78, 5) is 71.3. The van der Waals surface area contributed by atoms with Crippen molar-refractivity contribution in [3.63, 3.8) is 0 Å². The molecule has 3 aliphatic heterocycles. The van der Waals surface area contributed by atoms with Gasteiger partial charge in [-0.2, -0.15) is 5.26 Å². The van der Waals surface area contributed by atoms with E-state index in [0.717, 1.165) is 35.0 Å². The van der Waals surface area contributed by atoms with Crippen molar-refractivity contribution in [3.8, 4) is 45.6 Å². The molecule has 1 aliphatic carbocycles. The van der Waals surface area contributed by atoms with Crippen LogP contribution in [0.25, 0.3) is 44.7 Å². The molecule has 9 rings (SSSR count). The van der Waals surface area contributed by atoms with E-state index in [9.17, 15) is 24.4 Å². The van der Waals surface area contributed by atoms with Crippen molar-refractivity contribution in [3.05, 3.63) is 66.3 Å². The van der Waals surface area contributed by atoms with Crippen molar-refractivity contribution in [1.29, 1.82) is 5.26 Å². The van der Waals surface area contributed by atoms with E-state index in [1.807, 2.05) is 56.5 Å². The molecule has 0 spiro atoms. The second-order valence-corrected chi connectivity index (χ2v) is 18.1. The quantitative estimate of drug-likeness (QED) is 0.103. The van der Waals surface area contributed by atoms with Gasteiger partial charge in [0.2, 0.25) is 11.8 Å². The van der Waals surface area contributed by atoms with Crippen molar-refractivity contribution in [2.45, 2.75) is 90.2 Å². The number of carbonyl (C=O) groups excluding carboxylic acids is 4. The number of imidazole rings is 2. The van der Waals surface area contributed by atoms with Gasteiger partial charge in [0.25, 0.3) is 0 Å². The number of nitrogens with one attached hydrogen (secondary N) is 4. The summed E-state index contributed by atoms with van der Waals surface area (Å²) in [6.45, 7) is 8.50. The number of fused-ring (bicyclic) bond motifs is 5. The number of nitrogens with zero attached hydrogens (tertiary/aromatic N) is 6. The summed E-state index contributed by atoms with van der Waals surface area (Å²) in [5, 5.41) is 16.1. The molecule has 3 fully saturated rings. The first-order valence-corrected chi connectivity index (χ1v) is 22.3. The molecule has 2 saturated heterocycles. The van der Waals surface area contributed by atoms with Gasteiger partial charge in [-0.15, -0.1) is 0 Å². The number of aromatic nitrogens is 5. The van der Waals surface area contributed by atoms with Crippen molar-refractivity contribution >= 4 is 34.9 Å². The Morgan fingerprint density at radius 2 is 1.40 bits per heavy atom. The normalized spacial score (nSPS) is 21.9. The first kappa shape index (κ1) is 43.4. The Kier molecular flexibility index (Phi) is 11.5. The van der Waals surface area contributed by atoms with E-state index in [2.05, 4.69) is 31.7 Å². The summed E-state index contributed by atoms with van der Waals surface area (Å²) in [5.41, 5.74) is 4.41. The van der Waals surface area contributed by atoms with Crippen LogP contribution in [0.15, 0.2) is 48.8 Å². The van der Waals surface area contributed by atoms with Crippen LogP contribution in [-0.4, -0.2) is 97.7 Å². The summed E-state index contributed by atoms with van der Waals surface area (Å²) >= 11 is 0. The van der Waals surface area contributed by atoms with E-state index < -0.39 is 36.3 Å². The Hall–Kier alpha value is -6.90. The van der Waals surface area contributed by atoms with Crippen LogP contribution >= 0.6 is 0 Å². The molecule has 65 heavy (non-hydrogen) atoms. The summed E-state index contributed by atoms with van der Waals surface area (Å²) < 4.78 is 34.9. The van der Waals surface area contributed by atoms with Crippen LogP contribution in [-0.2, 0) is 19.1 Å². The van der Waals surface area contributed by atoms with Crippen LogP contribution in [0.1, 0.15) is 89.8 Å². The number of hydrogen-bond donors (Lipinski definition) is 4. The maximum absolute atomic E-state index is 16.7. The van der Waals surface area contributed by atoms with Gasteiger partial charge < -0.3 is 49.2 Å². The lowest BCUT2D eigenvalue weighted by Crippen LogP contribution is -2.51. The Labute approximate surface area is 375 Å². The molecule has 2 aromatic carbocycles. The molecular weight excluding hydrogens is 836 g/mol. The van der Waals surface area contributed by atoms with Crippen molar-refractivity contribution in [1.82, 2.24) is 44.9 Å². The molecule has 6 heterocycles. The zero-order chi connectivity index (χ0) is 45.8. The minimum atomic E-state index is -0.778. The van der Waals surface area contributed by atoms with E-state index in [4.69, 9.17) is 19.2 Å². The highest BCUT2D eigenvalue weighted by Gasteiger charge is 2.49. The summed E-state index contributed by atoms with van der Waals surface area (Å²) in [5.74, 6) is -0.0164. The fourth-order valence-corrected chi connectivity index (χ4v) is 9.78. The standard InChI is InChI=1S/C47H53FN10O7/c1-23(2)39(54-46(61)63-5)43(59)56-13-7-9-34(56)41-50-21-31(52-41)25-11-12-33-27(15-25)18-36-38-30(48)17-26(19-37(38)65-45(58(33)36)29-16-28(29)20-49)32-22-51-42(53-32)35-10-8-14-57(35)44(60)40(24(3)4)55-47(62)64-6/h11-12,15,17-19,21-24,28-29,34-35,39-40,45H,7-10,13-14,16H2,1-6H3,(H,50,52)(H,51,53)(H,54,61)(H,55,62)/t28?,29?,34-,35-,39-,40-,45?/m0/s1. The highest BCUT2D eigenvalue weighted by Crippen LogP contribution is 2.54. The average molecular weight is 889 g/mol. The smallest absolute Gasteiger partial charge is 0.407 e. The highest BCUT2D eigenvalue weighted by atomic mass is 19.1. The lowest BCUT2D eigenvalue weighted by molar-refractivity contribution is -0.136. The topological polar surface area (TPSA) is 213 Å². The van der Waals surface area contributed by atoms with Crippen LogP contribution in [0.4, 0.5) is 14.0 Å². The average Bonchev–Trinajstić information content (AvgIpc) is 3.97. The molecule has 4 aliphatic rings. The van der Waals surface area contributed by atoms with Crippen LogP contribution in [0, 0.1) is 40.8 Å². The predicted octanol–water partition coefficient (Wildman–Crippen LogP) is 7.37. The largest absolute Gasteiger partial charge is 0.469 e. The third-order valence-corrected chi connectivity index (χ3v) is 13.3. The molecule has 0 radical (unpaired) electrons. The van der Waals surface area contributed by atoms with Gasteiger partial charge >= 0.3 is 12.2 Å². The van der Waals surface area contributed by atoms with E-state index in [1.54, 1.807) is 28.3 Å². The molecule has 4 N–H and O–H groups in total. The van der Waals surface area contributed by atoms with E-state index in [-0.39, 0.29) is 47.6 Å². The molecule has 4 amide bonds. The fourth-order valence-electron chi connectivity index (χ4n) is 9.78. The Bertz CT molecular complexity index is 2720. The number of rotatable bonds is 11. The number of H-pyrrole nitrogens is 2. The Balaban J connectivity index is 1.00. The first-order chi connectivity index (χ1) is 31.3. The van der Waals surface area contributed by atoms with E-state index in [0.29, 0.717) is 72.3 Å². The number of benzene rings is 2. The number of hydrogen-bond acceptors (Lipinski definition) is 10. The van der Waals surface area contributed by atoms with Gasteiger partial charge in [-0.1, -0.05) is 33.8 Å². The van der Waals surface area contributed by atoms with E-state index in [1.165, 1.54) is 20.3 Å². The molecule has 17 nitrogen and oxygen atoms in total. The molecular formula is C47H53FN10O7. The molecule has 3 unspecified atom stereocenters. The molecule has 18 heteroatoms. The van der Waals surface area contributed by atoms with Crippen LogP contribution in [0.2, 0.25) is 0 Å². The minimum Gasteiger partial charge on any atom is -0.469 e. The number of halogens is 1. The summed E-state index contributed by atoms with van der Waals surface area (Å²) in [6, 6.07) is 11.3. The lowest BCUT2D eigenvalue weighted by Gasteiger charge is -2.31. The first-order valence-electron chi connectivity index (χ1n) is 22.3. The van der Waals surface area contributed by atoms with Gasteiger partial charge in [-0.3, -0.25) is 9.59 Å². The van der Waals surface area contributed by atoms with E-state index >= 15 is 4.39 Å². The number of likely N-dealkylation sites (tertiary alicyclic amines) is 2. The minimum absolute atomic E-state index is 0.104. The second-order valence-electron chi connectivity index (χ2n) is 18.1. The second kappa shape index (κ2) is 17.2. The number of ether oxygens (including phenoxy) is 3. The van der Waals surface area contributed by atoms with Crippen LogP contribution in [0.5, 0.6) is 5.75 Å². The van der Waals surface area contributed by atoms with Gasteiger partial charge in [0.05, 0.1) is 78.8 Å². The fraction of sp³-hybridized carbons (Fsp3) is 0.468. The Morgan fingerprint density at radius 1 is 0.831 bits per heavy atom. The van der Waals surface area contributed by atoms with Gasteiger partial charge in [0, 0.05) is 35.5 Å². The van der Waals surface area contributed by atoms with Crippen molar-refractivity contribution in [2.75, 3.05) is 27.3 Å². The molecule has 3 aromatic heterocycles. The SMILES string of the molecule is COC(=O)N[C@H](C(=O)N1CCC[C@H]1c1ncc(-c2cc(F)c3c(c2)OC(C2CC2C#N)n2c-3cc3cc(-c4cnc([C@@H]5CCCN5C(=O)[C@@H](NC(=O)OC)C(C)C)[nH]4)ccc32)[nH]1)C(C)C. The summed E-state index contributed by atoms with van der Waals surface area (Å²) in [6.07, 6.45) is 5.04. The third kappa shape index (κ3) is 7.90. The number of methoxy groups -OCH3 is 2. The number of amides is 4. The van der Waals surface area contributed by atoms with Crippen LogP contribution < -0.4 is 15.4 Å². The predicted molar refractivity (Wildman–Crippen MR) is 235 cm³/mol. The highest BCUT2D eigenvalue weighted by molar-refractivity contribution is 5.93. The summed E-state index contributed by atoms with van der Waals surface area (Å²) in [7, 11) is 2.53. The van der Waals surface area contributed by atoms with Gasteiger partial charge in [0.1, 0.15) is 35.3 Å². The van der Waals surface area contributed by atoms with Crippen molar-refractivity contribution < 1.29 is 37.8 Å². The number of carbonyl (C=O) groups is 4. The zero-order valence-corrected chi connectivity index (χ0v) is 37.2. The lowest BCUT2D eigenvalue weighted by atomic mass is 10.0. The van der Waals surface area contributed by atoms with Gasteiger partial charge in [-0.05, 0) is 74.3 Å². The maximum Gasteiger partial charge on any atom is 0.407 e. The third-order valence-electron chi connectivity index (χ3n) is 13.3. The van der Waals surface area contributed by atoms with Crippen LogP contribution in [0.3, 0.4) is 0 Å². The van der Waals surface area contributed by atoms with Gasteiger partial charge in [-0.25, -0.2) is 23.9 Å². The zero-order valence-electron chi connectivity index (χ0n) is 37.2. The number of alkyl carbamates (subject to hydrolysis) is 2. The monoisotopic (exact) mass is 888 g/mol. The Morgan fingerprint density at radius 3 is 1.92 bits per heavy atom. The van der Waals surface area contributed by atoms with Crippen molar-refractivity contribution in [2.24, 2.45) is 23.7 Å². The molecule has 7 atom stereocenters. The molecule has 340 valence electrons. The number of nitriles is 1. The number of aromatic amines is 2. The molecule has 5 aromatic rings.